The van der Waals surface area contributed by atoms with Gasteiger partial charge in [-0.2, -0.15) is 11.8 Å². The van der Waals surface area contributed by atoms with Crippen LogP contribution in [0.15, 0.2) is 0 Å². The minimum atomic E-state index is 0.323. The summed E-state index contributed by atoms with van der Waals surface area (Å²) in [6.45, 7) is 10.2. The van der Waals surface area contributed by atoms with Crippen LogP contribution in [0.3, 0.4) is 0 Å². The van der Waals surface area contributed by atoms with E-state index in [0.29, 0.717) is 16.4 Å². The summed E-state index contributed by atoms with van der Waals surface area (Å²) >= 11 is 2.07. The first-order valence-electron chi connectivity index (χ1n) is 7.89. The summed E-state index contributed by atoms with van der Waals surface area (Å²) in [4.78, 5) is 14.7. The first-order chi connectivity index (χ1) is 9.00. The number of hydrogen-bond donors (Lipinski definition) is 0. The molecule has 2 fully saturated rings. The van der Waals surface area contributed by atoms with Gasteiger partial charge < -0.3 is 4.90 Å². The molecule has 0 aromatic carbocycles. The molecule has 2 rings (SSSR count). The highest BCUT2D eigenvalue weighted by molar-refractivity contribution is 8.00. The zero-order chi connectivity index (χ0) is 13.9. The maximum absolute atomic E-state index is 12.1. The van der Waals surface area contributed by atoms with E-state index in [1.807, 2.05) is 0 Å². The molecule has 3 heteroatoms. The van der Waals surface area contributed by atoms with Gasteiger partial charge in [0.1, 0.15) is 5.78 Å². The highest BCUT2D eigenvalue weighted by atomic mass is 32.2. The fourth-order valence-electron chi connectivity index (χ4n) is 3.63. The van der Waals surface area contributed by atoms with Crippen molar-refractivity contribution < 1.29 is 4.79 Å². The second kappa shape index (κ2) is 6.62. The number of ketones is 1. The third-order valence-corrected chi connectivity index (χ3v) is 5.85. The number of carbonyl (C=O) groups excluding carboxylic acids is 1. The summed E-state index contributed by atoms with van der Waals surface area (Å²) in [7, 11) is 0. The molecule has 1 saturated carbocycles. The molecule has 0 amide bonds. The zero-order valence-electron chi connectivity index (χ0n) is 12.8. The van der Waals surface area contributed by atoms with E-state index in [1.54, 1.807) is 0 Å². The van der Waals surface area contributed by atoms with Crippen molar-refractivity contribution in [2.75, 3.05) is 25.4 Å². The van der Waals surface area contributed by atoms with Crippen molar-refractivity contribution >= 4 is 17.5 Å². The molecule has 1 aliphatic carbocycles. The maximum Gasteiger partial charge on any atom is 0.137 e. The fourth-order valence-corrected chi connectivity index (χ4v) is 4.81. The van der Waals surface area contributed by atoms with E-state index >= 15 is 0 Å². The van der Waals surface area contributed by atoms with Crippen LogP contribution in [0.2, 0.25) is 0 Å². The van der Waals surface area contributed by atoms with Crippen molar-refractivity contribution in [1.82, 2.24) is 4.90 Å². The van der Waals surface area contributed by atoms with E-state index in [2.05, 4.69) is 37.4 Å². The molecule has 0 N–H and O–H groups in total. The van der Waals surface area contributed by atoms with Gasteiger partial charge in [0.25, 0.3) is 0 Å². The molecule has 2 aliphatic rings. The fraction of sp³-hybridized carbons (Fsp3) is 0.938. The van der Waals surface area contributed by atoms with Crippen LogP contribution in [-0.4, -0.2) is 40.8 Å². The van der Waals surface area contributed by atoms with Crippen molar-refractivity contribution in [3.63, 3.8) is 0 Å². The van der Waals surface area contributed by atoms with E-state index in [-0.39, 0.29) is 0 Å². The Morgan fingerprint density at radius 3 is 2.89 bits per heavy atom. The van der Waals surface area contributed by atoms with Crippen LogP contribution >= 0.6 is 11.8 Å². The van der Waals surface area contributed by atoms with E-state index in [4.69, 9.17) is 0 Å². The minimum absolute atomic E-state index is 0.323. The molecule has 110 valence electrons. The topological polar surface area (TPSA) is 20.3 Å². The Labute approximate surface area is 122 Å². The monoisotopic (exact) mass is 283 g/mol. The quantitative estimate of drug-likeness (QED) is 0.786. The van der Waals surface area contributed by atoms with Crippen molar-refractivity contribution in [2.45, 2.75) is 57.6 Å². The van der Waals surface area contributed by atoms with Crippen molar-refractivity contribution in [3.05, 3.63) is 0 Å². The Balaban J connectivity index is 1.87. The zero-order valence-corrected chi connectivity index (χ0v) is 13.6. The Morgan fingerprint density at radius 2 is 2.21 bits per heavy atom. The molecule has 1 aliphatic heterocycles. The third kappa shape index (κ3) is 4.49. The van der Waals surface area contributed by atoms with Crippen molar-refractivity contribution in [3.8, 4) is 0 Å². The molecule has 19 heavy (non-hydrogen) atoms. The van der Waals surface area contributed by atoms with Gasteiger partial charge in [-0.1, -0.05) is 19.8 Å². The van der Waals surface area contributed by atoms with Gasteiger partial charge >= 0.3 is 0 Å². The average Bonchev–Trinajstić information content (AvgIpc) is 2.32. The molecule has 2 nitrogen and oxygen atoms in total. The second-order valence-corrected chi connectivity index (χ2v) is 8.74. The summed E-state index contributed by atoms with van der Waals surface area (Å²) < 4.78 is 0.360. The van der Waals surface area contributed by atoms with E-state index in [1.165, 1.54) is 18.6 Å². The van der Waals surface area contributed by atoms with Gasteiger partial charge in [0.15, 0.2) is 0 Å². The minimum Gasteiger partial charge on any atom is -0.300 e. The molecule has 0 bridgehead atoms. The first kappa shape index (κ1) is 15.4. The molecule has 2 unspecified atom stereocenters. The van der Waals surface area contributed by atoms with Gasteiger partial charge in [-0.15, -0.1) is 0 Å². The van der Waals surface area contributed by atoms with E-state index in [9.17, 15) is 4.79 Å². The largest absolute Gasteiger partial charge is 0.300 e. The Kier molecular flexibility index (Phi) is 5.36. The number of carbonyl (C=O) groups is 1. The van der Waals surface area contributed by atoms with Crippen molar-refractivity contribution in [2.24, 2.45) is 11.8 Å². The number of rotatable bonds is 4. The molecular weight excluding hydrogens is 254 g/mol. The van der Waals surface area contributed by atoms with Gasteiger partial charge in [-0.05, 0) is 32.6 Å². The maximum atomic E-state index is 12.1. The molecule has 1 heterocycles. The van der Waals surface area contributed by atoms with Gasteiger partial charge in [-0.3, -0.25) is 4.79 Å². The summed E-state index contributed by atoms with van der Waals surface area (Å²) in [5, 5.41) is 0. The lowest BCUT2D eigenvalue weighted by Gasteiger charge is -2.40. The highest BCUT2D eigenvalue weighted by Crippen LogP contribution is 2.33. The Bertz CT molecular complexity index is 316. The van der Waals surface area contributed by atoms with Crippen LogP contribution < -0.4 is 0 Å². The normalized spacial score (nSPS) is 32.5. The lowest BCUT2D eigenvalue weighted by molar-refractivity contribution is -0.126. The van der Waals surface area contributed by atoms with Gasteiger partial charge in [0, 0.05) is 42.5 Å². The highest BCUT2D eigenvalue weighted by Gasteiger charge is 2.33. The molecule has 0 radical (unpaired) electrons. The van der Waals surface area contributed by atoms with Crippen LogP contribution in [-0.2, 0) is 4.79 Å². The van der Waals surface area contributed by atoms with Crippen LogP contribution in [0.5, 0.6) is 0 Å². The van der Waals surface area contributed by atoms with Gasteiger partial charge in [-0.25, -0.2) is 0 Å². The van der Waals surface area contributed by atoms with Gasteiger partial charge in [0.05, 0.1) is 0 Å². The molecule has 2 atom stereocenters. The number of nitrogens with zero attached hydrogens (tertiary/aromatic N) is 1. The first-order valence-corrected chi connectivity index (χ1v) is 8.88. The van der Waals surface area contributed by atoms with E-state index < -0.39 is 0 Å². The molecule has 0 aromatic rings. The predicted molar refractivity (Wildman–Crippen MR) is 83.7 cm³/mol. The molecule has 1 saturated heterocycles. The summed E-state index contributed by atoms with van der Waals surface area (Å²) in [5.74, 6) is 2.87. The summed E-state index contributed by atoms with van der Waals surface area (Å²) in [6.07, 6.45) is 5.70. The smallest absolute Gasteiger partial charge is 0.137 e. The Hall–Kier alpha value is -0.0200. The number of hydrogen-bond acceptors (Lipinski definition) is 3. The Morgan fingerprint density at radius 1 is 1.42 bits per heavy atom. The predicted octanol–water partition coefficient (Wildman–Crippen LogP) is 3.60. The van der Waals surface area contributed by atoms with Crippen LogP contribution in [0.4, 0.5) is 0 Å². The standard InChI is InChI=1S/C16H29NOS/c1-4-5-13-6-7-15(18)14(10-13)11-17-8-9-19-16(2,3)12-17/h13-14H,4-12H2,1-3H3. The second-order valence-electron chi connectivity index (χ2n) is 6.94. The average molecular weight is 283 g/mol. The molecule has 0 aromatic heterocycles. The van der Waals surface area contributed by atoms with Crippen molar-refractivity contribution in [1.29, 1.82) is 0 Å². The SMILES string of the molecule is CCCC1CCC(=O)C(CN2CCSC(C)(C)C2)C1. The van der Waals surface area contributed by atoms with Crippen LogP contribution in [0.25, 0.3) is 0 Å². The van der Waals surface area contributed by atoms with Crippen LogP contribution in [0, 0.1) is 11.8 Å². The number of Topliss-reactive ketones (excluding diaryl/α,β-unsaturated/α-hetero) is 1. The lowest BCUT2D eigenvalue weighted by atomic mass is 9.78. The van der Waals surface area contributed by atoms with Crippen LogP contribution in [0.1, 0.15) is 52.9 Å². The lowest BCUT2D eigenvalue weighted by Crippen LogP contribution is -2.46. The summed E-state index contributed by atoms with van der Waals surface area (Å²) in [6, 6.07) is 0. The molecular formula is C16H29NOS. The van der Waals surface area contributed by atoms with Gasteiger partial charge in [0.2, 0.25) is 0 Å². The molecule has 0 spiro atoms. The third-order valence-electron chi connectivity index (χ3n) is 4.55. The number of thioether (sulfide) groups is 1. The summed E-state index contributed by atoms with van der Waals surface area (Å²) in [5.41, 5.74) is 0. The van der Waals surface area contributed by atoms with E-state index in [0.717, 1.165) is 44.8 Å².